The van der Waals surface area contributed by atoms with Gasteiger partial charge in [0.15, 0.2) is 6.10 Å². The molecule has 2 N–H and O–H groups in total. The van der Waals surface area contributed by atoms with Crippen molar-refractivity contribution in [1.29, 1.82) is 0 Å². The molecule has 0 aromatic carbocycles. The van der Waals surface area contributed by atoms with Gasteiger partial charge in [-0.3, -0.25) is 4.98 Å². The van der Waals surface area contributed by atoms with E-state index in [0.717, 1.165) is 6.92 Å². The van der Waals surface area contributed by atoms with Gasteiger partial charge in [0.05, 0.1) is 6.10 Å². The zero-order valence-electron chi connectivity index (χ0n) is 10.3. The molecular weight excluding hydrogens is 245 g/mol. The van der Waals surface area contributed by atoms with Crippen molar-refractivity contribution in [3.63, 3.8) is 0 Å². The van der Waals surface area contributed by atoms with Gasteiger partial charge in [0.25, 0.3) is 0 Å². The third-order valence-corrected chi connectivity index (χ3v) is 2.68. The summed E-state index contributed by atoms with van der Waals surface area (Å²) in [6.07, 6.45) is -3.52. The monoisotopic (exact) mass is 262 g/mol. The molecule has 0 radical (unpaired) electrons. The van der Waals surface area contributed by atoms with Gasteiger partial charge in [-0.25, -0.2) is 0 Å². The Morgan fingerprint density at radius 1 is 1.44 bits per heavy atom. The highest BCUT2D eigenvalue weighted by Gasteiger charge is 2.39. The van der Waals surface area contributed by atoms with Crippen LogP contribution in [0.3, 0.4) is 0 Å². The highest BCUT2D eigenvalue weighted by Crippen LogP contribution is 2.30. The Labute approximate surface area is 104 Å². The first-order valence-electron chi connectivity index (χ1n) is 5.74. The van der Waals surface area contributed by atoms with Gasteiger partial charge in [-0.15, -0.1) is 0 Å². The number of ether oxygens (including phenoxy) is 1. The second-order valence-corrected chi connectivity index (χ2v) is 4.10. The van der Waals surface area contributed by atoms with Gasteiger partial charge in [0.2, 0.25) is 0 Å². The molecule has 0 fully saturated rings. The van der Waals surface area contributed by atoms with Crippen molar-refractivity contribution in [3.05, 3.63) is 30.1 Å². The molecule has 1 aromatic heterocycles. The maximum Gasteiger partial charge on any atom is 0.414 e. The molecule has 0 aliphatic heterocycles. The number of rotatable bonds is 5. The van der Waals surface area contributed by atoms with Crippen molar-refractivity contribution >= 4 is 0 Å². The molecule has 1 aromatic rings. The van der Waals surface area contributed by atoms with E-state index < -0.39 is 24.4 Å². The first-order valence-corrected chi connectivity index (χ1v) is 5.74. The lowest BCUT2D eigenvalue weighted by molar-refractivity contribution is -0.230. The number of halogens is 3. The Bertz CT molecular complexity index is 356. The van der Waals surface area contributed by atoms with Crippen molar-refractivity contribution in [2.45, 2.75) is 44.7 Å². The summed E-state index contributed by atoms with van der Waals surface area (Å²) >= 11 is 0. The quantitative estimate of drug-likeness (QED) is 0.887. The van der Waals surface area contributed by atoms with E-state index in [4.69, 9.17) is 10.5 Å². The molecule has 1 rings (SSSR count). The predicted molar refractivity (Wildman–Crippen MR) is 61.8 cm³/mol. The number of hydrogen-bond donors (Lipinski definition) is 1. The molecular formula is C12H17F3N2O. The molecule has 3 nitrogen and oxygen atoms in total. The van der Waals surface area contributed by atoms with Gasteiger partial charge >= 0.3 is 6.18 Å². The average Bonchev–Trinajstić information content (AvgIpc) is 2.34. The number of nitrogens with two attached hydrogens (primary N) is 1. The second kappa shape index (κ2) is 6.15. The molecule has 1 heterocycles. The van der Waals surface area contributed by atoms with E-state index in [0.29, 0.717) is 12.0 Å². The Morgan fingerprint density at radius 2 is 2.11 bits per heavy atom. The third kappa shape index (κ3) is 3.96. The summed E-state index contributed by atoms with van der Waals surface area (Å²) in [6.45, 7) is 2.78. The fraction of sp³-hybridized carbons (Fsp3) is 0.583. The minimum absolute atomic E-state index is 0.501. The minimum atomic E-state index is -4.39. The molecule has 0 aliphatic rings. The molecule has 0 aliphatic carbocycles. The van der Waals surface area contributed by atoms with Crippen LogP contribution in [0.5, 0.6) is 0 Å². The Hall–Kier alpha value is -1.14. The molecule has 6 heteroatoms. The van der Waals surface area contributed by atoms with Gasteiger partial charge in [0, 0.05) is 24.0 Å². The molecule has 0 amide bonds. The van der Waals surface area contributed by atoms with E-state index >= 15 is 0 Å². The van der Waals surface area contributed by atoms with Crippen LogP contribution in [-0.4, -0.2) is 23.3 Å². The first kappa shape index (κ1) is 14.9. The van der Waals surface area contributed by atoms with E-state index in [1.807, 2.05) is 0 Å². The van der Waals surface area contributed by atoms with Gasteiger partial charge in [-0.1, -0.05) is 13.0 Å². The minimum Gasteiger partial charge on any atom is -0.359 e. The summed E-state index contributed by atoms with van der Waals surface area (Å²) in [7, 11) is 0. The van der Waals surface area contributed by atoms with Crippen LogP contribution >= 0.6 is 0 Å². The SMILES string of the molecule is CCC(N)C(OC(C)C(F)(F)F)c1cccnc1. The number of aromatic nitrogens is 1. The number of pyridine rings is 1. The first-order chi connectivity index (χ1) is 8.36. The van der Waals surface area contributed by atoms with E-state index in [9.17, 15) is 13.2 Å². The van der Waals surface area contributed by atoms with E-state index in [-0.39, 0.29) is 0 Å². The van der Waals surface area contributed by atoms with Gasteiger partial charge < -0.3 is 10.5 Å². The molecule has 3 atom stereocenters. The lowest BCUT2D eigenvalue weighted by Gasteiger charge is -2.28. The van der Waals surface area contributed by atoms with Gasteiger partial charge in [-0.05, 0) is 19.4 Å². The molecule has 0 spiro atoms. The van der Waals surface area contributed by atoms with Crippen molar-refractivity contribution in [3.8, 4) is 0 Å². The maximum atomic E-state index is 12.5. The third-order valence-electron chi connectivity index (χ3n) is 2.68. The number of hydrogen-bond acceptors (Lipinski definition) is 3. The molecule has 102 valence electrons. The predicted octanol–water partition coefficient (Wildman–Crippen LogP) is 2.83. The van der Waals surface area contributed by atoms with Crippen LogP contribution in [0.25, 0.3) is 0 Å². The van der Waals surface area contributed by atoms with Crippen molar-refractivity contribution < 1.29 is 17.9 Å². The van der Waals surface area contributed by atoms with Crippen molar-refractivity contribution in [2.24, 2.45) is 5.73 Å². The highest BCUT2D eigenvalue weighted by molar-refractivity contribution is 5.14. The van der Waals surface area contributed by atoms with Crippen LogP contribution in [0.4, 0.5) is 13.2 Å². The molecule has 18 heavy (non-hydrogen) atoms. The lowest BCUT2D eigenvalue weighted by atomic mass is 10.0. The van der Waals surface area contributed by atoms with Crippen molar-refractivity contribution in [1.82, 2.24) is 4.98 Å². The van der Waals surface area contributed by atoms with E-state index in [2.05, 4.69) is 4.98 Å². The molecule has 3 unspecified atom stereocenters. The lowest BCUT2D eigenvalue weighted by Crippen LogP contribution is -2.37. The standard InChI is InChI=1S/C12H17F3N2O/c1-3-10(16)11(9-5-4-6-17-7-9)18-8(2)12(13,14)15/h4-8,10-11H,3,16H2,1-2H3. The summed E-state index contributed by atoms with van der Waals surface area (Å²) in [5.41, 5.74) is 6.38. The largest absolute Gasteiger partial charge is 0.414 e. The fourth-order valence-corrected chi connectivity index (χ4v) is 1.48. The Morgan fingerprint density at radius 3 is 2.56 bits per heavy atom. The van der Waals surface area contributed by atoms with E-state index in [1.165, 1.54) is 6.20 Å². The Balaban J connectivity index is 2.87. The van der Waals surface area contributed by atoms with Crippen LogP contribution in [0.1, 0.15) is 31.9 Å². The second-order valence-electron chi connectivity index (χ2n) is 4.10. The number of nitrogens with zero attached hydrogens (tertiary/aromatic N) is 1. The normalized spacial score (nSPS) is 17.2. The Kier molecular flexibility index (Phi) is 5.10. The highest BCUT2D eigenvalue weighted by atomic mass is 19.4. The summed E-state index contributed by atoms with van der Waals surface area (Å²) in [6, 6.07) is 2.81. The van der Waals surface area contributed by atoms with Crippen LogP contribution in [0.2, 0.25) is 0 Å². The van der Waals surface area contributed by atoms with Crippen LogP contribution in [0.15, 0.2) is 24.5 Å². The zero-order valence-corrected chi connectivity index (χ0v) is 10.3. The molecule has 0 bridgehead atoms. The summed E-state index contributed by atoms with van der Waals surface area (Å²) in [5, 5.41) is 0. The molecule has 0 saturated heterocycles. The van der Waals surface area contributed by atoms with Crippen LogP contribution in [-0.2, 0) is 4.74 Å². The summed E-state index contributed by atoms with van der Waals surface area (Å²) < 4.78 is 42.6. The number of alkyl halides is 3. The summed E-state index contributed by atoms with van der Waals surface area (Å²) in [4.78, 5) is 3.87. The van der Waals surface area contributed by atoms with Gasteiger partial charge in [0.1, 0.15) is 0 Å². The van der Waals surface area contributed by atoms with Gasteiger partial charge in [-0.2, -0.15) is 13.2 Å². The zero-order chi connectivity index (χ0) is 13.8. The molecule has 0 saturated carbocycles. The van der Waals surface area contributed by atoms with Crippen LogP contribution in [0, 0.1) is 0 Å². The van der Waals surface area contributed by atoms with Crippen LogP contribution < -0.4 is 5.73 Å². The topological polar surface area (TPSA) is 48.1 Å². The van der Waals surface area contributed by atoms with E-state index in [1.54, 1.807) is 25.3 Å². The maximum absolute atomic E-state index is 12.5. The smallest absolute Gasteiger partial charge is 0.359 e. The van der Waals surface area contributed by atoms with Crippen molar-refractivity contribution in [2.75, 3.05) is 0 Å². The fourth-order valence-electron chi connectivity index (χ4n) is 1.48. The summed E-state index contributed by atoms with van der Waals surface area (Å²) in [5.74, 6) is 0. The average molecular weight is 262 g/mol.